The number of carbonyl (C=O) groups is 1. The van der Waals surface area contributed by atoms with Crippen LogP contribution in [0, 0.1) is 11.8 Å². The highest BCUT2D eigenvalue weighted by atomic mass is 16.1. The summed E-state index contributed by atoms with van der Waals surface area (Å²) in [5.41, 5.74) is 0. The molecule has 1 heteroatoms. The monoisotopic (exact) mass is 156 g/mol. The molecule has 0 aromatic carbocycles. The van der Waals surface area contributed by atoms with Gasteiger partial charge >= 0.3 is 0 Å². The van der Waals surface area contributed by atoms with E-state index in [2.05, 4.69) is 13.8 Å². The SMILES string of the molecule is CCC[C@H](C)C(=O)[C@H](C)CC. The second-order valence-electron chi connectivity index (χ2n) is 3.40. The van der Waals surface area contributed by atoms with Gasteiger partial charge in [0, 0.05) is 11.8 Å². The van der Waals surface area contributed by atoms with Crippen LogP contribution in [0.5, 0.6) is 0 Å². The lowest BCUT2D eigenvalue weighted by molar-refractivity contribution is -0.126. The lowest BCUT2D eigenvalue weighted by Crippen LogP contribution is -2.18. The van der Waals surface area contributed by atoms with Crippen LogP contribution in [0.25, 0.3) is 0 Å². The molecule has 11 heavy (non-hydrogen) atoms. The molecule has 0 aromatic heterocycles. The third kappa shape index (κ3) is 3.54. The zero-order valence-corrected chi connectivity index (χ0v) is 8.18. The van der Waals surface area contributed by atoms with E-state index < -0.39 is 0 Å². The maximum atomic E-state index is 11.5. The Morgan fingerprint density at radius 2 is 1.73 bits per heavy atom. The normalized spacial score (nSPS) is 16.0. The predicted molar refractivity (Wildman–Crippen MR) is 48.5 cm³/mol. The molecule has 0 aliphatic rings. The largest absolute Gasteiger partial charge is 0.299 e. The van der Waals surface area contributed by atoms with Crippen LogP contribution in [0.15, 0.2) is 0 Å². The van der Waals surface area contributed by atoms with Gasteiger partial charge in [-0.1, -0.05) is 34.1 Å². The van der Waals surface area contributed by atoms with Crippen LogP contribution in [0.3, 0.4) is 0 Å². The topological polar surface area (TPSA) is 17.1 Å². The number of ketones is 1. The average molecular weight is 156 g/mol. The lowest BCUT2D eigenvalue weighted by Gasteiger charge is -2.13. The van der Waals surface area contributed by atoms with Crippen LogP contribution in [-0.4, -0.2) is 5.78 Å². The fourth-order valence-electron chi connectivity index (χ4n) is 1.26. The molecule has 1 nitrogen and oxygen atoms in total. The second-order valence-corrected chi connectivity index (χ2v) is 3.40. The Morgan fingerprint density at radius 3 is 2.09 bits per heavy atom. The smallest absolute Gasteiger partial charge is 0.138 e. The van der Waals surface area contributed by atoms with Crippen LogP contribution in [0.2, 0.25) is 0 Å². The minimum atomic E-state index is 0.261. The molecule has 2 atom stereocenters. The highest BCUT2D eigenvalue weighted by Gasteiger charge is 2.16. The zero-order valence-electron chi connectivity index (χ0n) is 8.18. The van der Waals surface area contributed by atoms with E-state index in [0.717, 1.165) is 19.3 Å². The van der Waals surface area contributed by atoms with Crippen molar-refractivity contribution < 1.29 is 4.79 Å². The Labute approximate surface area is 70.2 Å². The lowest BCUT2D eigenvalue weighted by atomic mass is 9.91. The van der Waals surface area contributed by atoms with Gasteiger partial charge in [0.05, 0.1) is 0 Å². The van der Waals surface area contributed by atoms with Gasteiger partial charge in [-0.25, -0.2) is 0 Å². The zero-order chi connectivity index (χ0) is 8.85. The minimum Gasteiger partial charge on any atom is -0.299 e. The predicted octanol–water partition coefficient (Wildman–Crippen LogP) is 3.04. The summed E-state index contributed by atoms with van der Waals surface area (Å²) >= 11 is 0. The molecular weight excluding hydrogens is 136 g/mol. The van der Waals surface area contributed by atoms with Crippen molar-refractivity contribution in [3.05, 3.63) is 0 Å². The van der Waals surface area contributed by atoms with E-state index in [4.69, 9.17) is 0 Å². The Balaban J connectivity index is 3.81. The van der Waals surface area contributed by atoms with E-state index in [9.17, 15) is 4.79 Å². The summed E-state index contributed by atoms with van der Waals surface area (Å²) in [6.45, 7) is 8.26. The molecule has 0 rings (SSSR count). The molecule has 0 heterocycles. The minimum absolute atomic E-state index is 0.261. The first-order chi connectivity index (χ1) is 5.13. The van der Waals surface area contributed by atoms with Crippen molar-refractivity contribution in [2.24, 2.45) is 11.8 Å². The van der Waals surface area contributed by atoms with Gasteiger partial charge in [-0.3, -0.25) is 4.79 Å². The second kappa shape index (κ2) is 5.34. The Morgan fingerprint density at radius 1 is 1.18 bits per heavy atom. The third-order valence-electron chi connectivity index (χ3n) is 2.31. The highest BCUT2D eigenvalue weighted by molar-refractivity contribution is 5.82. The summed E-state index contributed by atoms with van der Waals surface area (Å²) in [5.74, 6) is 0.973. The summed E-state index contributed by atoms with van der Waals surface area (Å²) in [4.78, 5) is 11.5. The van der Waals surface area contributed by atoms with Gasteiger partial charge in [-0.05, 0) is 12.8 Å². The Kier molecular flexibility index (Phi) is 5.18. The fraction of sp³-hybridized carbons (Fsp3) is 0.900. The van der Waals surface area contributed by atoms with Gasteiger partial charge in [0.15, 0.2) is 0 Å². The number of hydrogen-bond donors (Lipinski definition) is 0. The summed E-state index contributed by atoms with van der Waals surface area (Å²) in [6.07, 6.45) is 3.14. The summed E-state index contributed by atoms with van der Waals surface area (Å²) < 4.78 is 0. The van der Waals surface area contributed by atoms with E-state index in [1.54, 1.807) is 0 Å². The van der Waals surface area contributed by atoms with Gasteiger partial charge in [-0.2, -0.15) is 0 Å². The van der Waals surface area contributed by atoms with Crippen molar-refractivity contribution in [2.75, 3.05) is 0 Å². The van der Waals surface area contributed by atoms with Crippen molar-refractivity contribution in [2.45, 2.75) is 47.0 Å². The molecule has 0 bridgehead atoms. The molecule has 0 unspecified atom stereocenters. The first-order valence-electron chi connectivity index (χ1n) is 4.67. The first-order valence-corrected chi connectivity index (χ1v) is 4.67. The molecule has 0 aliphatic heterocycles. The molecule has 0 saturated carbocycles. The Hall–Kier alpha value is -0.330. The molecule has 66 valence electrons. The quantitative estimate of drug-likeness (QED) is 0.598. The standard InChI is InChI=1S/C10H20O/c1-5-7-9(4)10(11)8(3)6-2/h8-9H,5-7H2,1-4H3/t8-,9+/m1/s1. The average Bonchev–Trinajstić information content (AvgIpc) is 2.02. The van der Waals surface area contributed by atoms with Crippen molar-refractivity contribution in [3.63, 3.8) is 0 Å². The summed E-state index contributed by atoms with van der Waals surface area (Å²) in [7, 11) is 0. The molecular formula is C10H20O. The fourth-order valence-corrected chi connectivity index (χ4v) is 1.26. The maximum Gasteiger partial charge on any atom is 0.138 e. The van der Waals surface area contributed by atoms with Gasteiger partial charge in [0.1, 0.15) is 5.78 Å². The maximum absolute atomic E-state index is 11.5. The van der Waals surface area contributed by atoms with Crippen LogP contribution in [0.4, 0.5) is 0 Å². The van der Waals surface area contributed by atoms with Crippen LogP contribution in [0.1, 0.15) is 47.0 Å². The van der Waals surface area contributed by atoms with E-state index in [-0.39, 0.29) is 11.8 Å². The third-order valence-corrected chi connectivity index (χ3v) is 2.31. The van der Waals surface area contributed by atoms with Crippen LogP contribution < -0.4 is 0 Å². The highest BCUT2D eigenvalue weighted by Crippen LogP contribution is 2.14. The van der Waals surface area contributed by atoms with Crippen molar-refractivity contribution in [1.29, 1.82) is 0 Å². The van der Waals surface area contributed by atoms with E-state index in [0.29, 0.717) is 5.78 Å². The summed E-state index contributed by atoms with van der Waals surface area (Å²) in [6, 6.07) is 0. The van der Waals surface area contributed by atoms with Crippen molar-refractivity contribution >= 4 is 5.78 Å². The molecule has 0 amide bonds. The van der Waals surface area contributed by atoms with Gasteiger partial charge < -0.3 is 0 Å². The molecule has 0 aliphatic carbocycles. The molecule has 0 saturated heterocycles. The molecule has 0 fully saturated rings. The summed E-state index contributed by atoms with van der Waals surface area (Å²) in [5, 5.41) is 0. The number of rotatable bonds is 5. The van der Waals surface area contributed by atoms with Crippen LogP contribution >= 0.6 is 0 Å². The van der Waals surface area contributed by atoms with E-state index in [1.165, 1.54) is 0 Å². The van der Waals surface area contributed by atoms with Crippen LogP contribution in [-0.2, 0) is 4.79 Å². The molecule has 0 spiro atoms. The van der Waals surface area contributed by atoms with Gasteiger partial charge in [0.25, 0.3) is 0 Å². The number of carbonyl (C=O) groups excluding carboxylic acids is 1. The van der Waals surface area contributed by atoms with Gasteiger partial charge in [-0.15, -0.1) is 0 Å². The Bertz CT molecular complexity index is 118. The number of Topliss-reactive ketones (excluding diaryl/α,β-unsaturated/α-hetero) is 1. The molecule has 0 aromatic rings. The van der Waals surface area contributed by atoms with Gasteiger partial charge in [0.2, 0.25) is 0 Å². The van der Waals surface area contributed by atoms with E-state index >= 15 is 0 Å². The number of hydrogen-bond acceptors (Lipinski definition) is 1. The first kappa shape index (κ1) is 10.7. The molecule has 0 radical (unpaired) electrons. The van der Waals surface area contributed by atoms with Crippen molar-refractivity contribution in [3.8, 4) is 0 Å². The molecule has 0 N–H and O–H groups in total. The van der Waals surface area contributed by atoms with E-state index in [1.807, 2.05) is 13.8 Å². The van der Waals surface area contributed by atoms with Crippen molar-refractivity contribution in [1.82, 2.24) is 0 Å².